The summed E-state index contributed by atoms with van der Waals surface area (Å²) in [7, 11) is 0. The van der Waals surface area contributed by atoms with Crippen LogP contribution < -0.4 is 4.74 Å². The number of fused-ring (bicyclic) bond motifs is 4. The van der Waals surface area contributed by atoms with Gasteiger partial charge in [-0.15, -0.1) is 0 Å². The van der Waals surface area contributed by atoms with Crippen molar-refractivity contribution < 1.29 is 34.0 Å². The SMILES string of the molecule is O=C(O)/C=C/C(=O)O.c1ccc2c(c1)COc1ccccc1C21OCC(CN2CCCCC2)O1. The maximum atomic E-state index is 9.55. The standard InChI is InChI=1S/C22H25NO3.C4H4O4/c1-6-12-23(13-7-1)14-18-16-25-22(26-18)19-9-3-2-8-17(19)15-24-21-11-5-4-10-20(21)22;5-3(6)1-2-4(7)8/h2-5,8-11,18H,1,6-7,12-16H2;1-2H,(H,5,6)(H,7,8)/b;2-1+. The zero-order valence-corrected chi connectivity index (χ0v) is 18.9. The lowest BCUT2D eigenvalue weighted by Gasteiger charge is -2.31. The highest BCUT2D eigenvalue weighted by atomic mass is 16.7. The normalized spacial score (nSPS) is 23.8. The van der Waals surface area contributed by atoms with Gasteiger partial charge in [-0.3, -0.25) is 0 Å². The average molecular weight is 468 g/mol. The third-order valence-corrected chi connectivity index (χ3v) is 6.08. The van der Waals surface area contributed by atoms with Crippen molar-refractivity contribution in [1.29, 1.82) is 0 Å². The molecule has 0 amide bonds. The predicted octanol–water partition coefficient (Wildman–Crippen LogP) is 3.39. The Morgan fingerprint density at radius 1 is 0.941 bits per heavy atom. The second-order valence-electron chi connectivity index (χ2n) is 8.48. The molecule has 34 heavy (non-hydrogen) atoms. The second kappa shape index (κ2) is 10.8. The molecule has 0 saturated carbocycles. The third-order valence-electron chi connectivity index (χ3n) is 6.08. The number of hydrogen-bond donors (Lipinski definition) is 2. The molecule has 2 aromatic rings. The molecule has 2 atom stereocenters. The molecule has 0 aliphatic carbocycles. The Morgan fingerprint density at radius 2 is 1.59 bits per heavy atom. The molecular weight excluding hydrogens is 438 g/mol. The summed E-state index contributed by atoms with van der Waals surface area (Å²) in [5, 5.41) is 15.6. The minimum atomic E-state index is -1.26. The molecule has 1 spiro atoms. The summed E-state index contributed by atoms with van der Waals surface area (Å²) in [6.07, 6.45) is 5.12. The minimum absolute atomic E-state index is 0.0762. The lowest BCUT2D eigenvalue weighted by Crippen LogP contribution is -2.38. The molecule has 2 aromatic carbocycles. The van der Waals surface area contributed by atoms with Crippen LogP contribution in [0.5, 0.6) is 5.75 Å². The maximum Gasteiger partial charge on any atom is 0.328 e. The van der Waals surface area contributed by atoms with E-state index in [1.165, 1.54) is 32.4 Å². The summed E-state index contributed by atoms with van der Waals surface area (Å²) >= 11 is 0. The first kappa shape index (κ1) is 23.9. The van der Waals surface area contributed by atoms with E-state index in [-0.39, 0.29) is 6.10 Å². The fourth-order valence-corrected chi connectivity index (χ4v) is 4.59. The third kappa shape index (κ3) is 5.47. The van der Waals surface area contributed by atoms with E-state index in [1.807, 2.05) is 24.3 Å². The molecule has 3 aliphatic rings. The molecule has 2 N–H and O–H groups in total. The van der Waals surface area contributed by atoms with Crippen LogP contribution in [0.15, 0.2) is 60.7 Å². The molecule has 0 aromatic heterocycles. The van der Waals surface area contributed by atoms with Gasteiger partial charge in [0.1, 0.15) is 12.4 Å². The Hall–Kier alpha value is -3.20. The van der Waals surface area contributed by atoms with Crippen LogP contribution in [-0.4, -0.2) is 59.4 Å². The van der Waals surface area contributed by atoms with Gasteiger partial charge in [-0.05, 0) is 43.6 Å². The number of piperidine rings is 1. The van der Waals surface area contributed by atoms with E-state index >= 15 is 0 Å². The smallest absolute Gasteiger partial charge is 0.328 e. The van der Waals surface area contributed by atoms with Crippen LogP contribution in [0.4, 0.5) is 0 Å². The van der Waals surface area contributed by atoms with E-state index in [0.29, 0.717) is 25.4 Å². The first-order chi connectivity index (χ1) is 16.5. The molecular formula is C26H29NO7. The van der Waals surface area contributed by atoms with E-state index in [1.54, 1.807) is 0 Å². The Labute approximate surface area is 198 Å². The number of rotatable bonds is 4. The van der Waals surface area contributed by atoms with Gasteiger partial charge in [0.2, 0.25) is 5.79 Å². The quantitative estimate of drug-likeness (QED) is 0.660. The number of para-hydroxylation sites is 1. The van der Waals surface area contributed by atoms with Gasteiger partial charge in [0.05, 0.1) is 18.3 Å². The van der Waals surface area contributed by atoms with E-state index in [0.717, 1.165) is 29.0 Å². The zero-order valence-electron chi connectivity index (χ0n) is 18.9. The van der Waals surface area contributed by atoms with Crippen molar-refractivity contribution in [3.8, 4) is 5.75 Å². The van der Waals surface area contributed by atoms with Gasteiger partial charge in [-0.25, -0.2) is 9.59 Å². The number of carboxylic acid groups (broad SMARTS) is 2. The van der Waals surface area contributed by atoms with Crippen molar-refractivity contribution in [3.63, 3.8) is 0 Å². The lowest BCUT2D eigenvalue weighted by atomic mass is 9.93. The number of carbonyl (C=O) groups is 2. The number of hydrogen-bond acceptors (Lipinski definition) is 6. The molecule has 2 saturated heterocycles. The van der Waals surface area contributed by atoms with Crippen molar-refractivity contribution in [3.05, 3.63) is 77.4 Å². The zero-order chi connectivity index (χ0) is 24.0. The summed E-state index contributed by atoms with van der Waals surface area (Å²) in [6.45, 7) is 4.43. The van der Waals surface area contributed by atoms with Crippen LogP contribution in [0.2, 0.25) is 0 Å². The molecule has 2 unspecified atom stereocenters. The van der Waals surface area contributed by atoms with Crippen LogP contribution in [0.25, 0.3) is 0 Å². The van der Waals surface area contributed by atoms with Crippen molar-refractivity contribution in [2.75, 3.05) is 26.2 Å². The van der Waals surface area contributed by atoms with Gasteiger partial charge in [0, 0.05) is 24.3 Å². The van der Waals surface area contributed by atoms with Gasteiger partial charge in [0.25, 0.3) is 0 Å². The fourth-order valence-electron chi connectivity index (χ4n) is 4.59. The largest absolute Gasteiger partial charge is 0.488 e. The Bertz CT molecular complexity index is 981. The molecule has 180 valence electrons. The minimum Gasteiger partial charge on any atom is -0.488 e. The summed E-state index contributed by atoms with van der Waals surface area (Å²) in [6, 6.07) is 16.4. The number of likely N-dealkylation sites (tertiary alicyclic amines) is 1. The number of carboxylic acids is 2. The Balaban J connectivity index is 0.000000297. The number of aliphatic carboxylic acids is 2. The number of benzene rings is 2. The Morgan fingerprint density at radius 3 is 2.29 bits per heavy atom. The molecule has 3 heterocycles. The predicted molar refractivity (Wildman–Crippen MR) is 124 cm³/mol. The second-order valence-corrected chi connectivity index (χ2v) is 8.48. The van der Waals surface area contributed by atoms with Crippen molar-refractivity contribution in [2.24, 2.45) is 0 Å². The topological polar surface area (TPSA) is 106 Å². The fraction of sp³-hybridized carbons (Fsp3) is 0.385. The van der Waals surface area contributed by atoms with E-state index in [4.69, 9.17) is 24.4 Å². The van der Waals surface area contributed by atoms with Gasteiger partial charge in [0.15, 0.2) is 0 Å². The van der Waals surface area contributed by atoms with Gasteiger partial charge in [-0.1, -0.05) is 42.8 Å². The molecule has 0 bridgehead atoms. The van der Waals surface area contributed by atoms with Crippen molar-refractivity contribution in [2.45, 2.75) is 37.8 Å². The molecule has 8 heteroatoms. The monoisotopic (exact) mass is 467 g/mol. The van der Waals surface area contributed by atoms with Gasteiger partial charge in [-0.2, -0.15) is 0 Å². The van der Waals surface area contributed by atoms with Crippen LogP contribution in [0.3, 0.4) is 0 Å². The average Bonchev–Trinajstić information content (AvgIpc) is 3.21. The highest BCUT2D eigenvalue weighted by molar-refractivity contribution is 5.89. The van der Waals surface area contributed by atoms with Crippen LogP contribution in [-0.2, 0) is 31.5 Å². The lowest BCUT2D eigenvalue weighted by molar-refractivity contribution is -0.145. The summed E-state index contributed by atoms with van der Waals surface area (Å²) < 4.78 is 19.2. The van der Waals surface area contributed by atoms with Crippen molar-refractivity contribution in [1.82, 2.24) is 4.90 Å². The summed E-state index contributed by atoms with van der Waals surface area (Å²) in [5.41, 5.74) is 3.18. The van der Waals surface area contributed by atoms with Crippen LogP contribution in [0, 0.1) is 0 Å². The van der Waals surface area contributed by atoms with Crippen LogP contribution in [0.1, 0.15) is 36.0 Å². The molecule has 8 nitrogen and oxygen atoms in total. The Kier molecular flexibility index (Phi) is 7.62. The molecule has 3 aliphatic heterocycles. The summed E-state index contributed by atoms with van der Waals surface area (Å²) in [4.78, 5) is 21.6. The van der Waals surface area contributed by atoms with Gasteiger partial charge >= 0.3 is 11.9 Å². The van der Waals surface area contributed by atoms with E-state index in [2.05, 4.69) is 29.2 Å². The molecule has 2 fully saturated rings. The first-order valence-electron chi connectivity index (χ1n) is 11.5. The number of ether oxygens (including phenoxy) is 3. The summed E-state index contributed by atoms with van der Waals surface area (Å²) in [5.74, 6) is -2.52. The highest BCUT2D eigenvalue weighted by Crippen LogP contribution is 2.47. The maximum absolute atomic E-state index is 9.55. The van der Waals surface area contributed by atoms with E-state index < -0.39 is 17.7 Å². The first-order valence-corrected chi connectivity index (χ1v) is 11.5. The number of nitrogens with zero attached hydrogens (tertiary/aromatic N) is 1. The molecule has 5 rings (SSSR count). The van der Waals surface area contributed by atoms with Crippen LogP contribution >= 0.6 is 0 Å². The highest BCUT2D eigenvalue weighted by Gasteiger charge is 2.49. The molecule has 0 radical (unpaired) electrons. The van der Waals surface area contributed by atoms with Gasteiger partial charge < -0.3 is 29.3 Å². The van der Waals surface area contributed by atoms with E-state index in [9.17, 15) is 9.59 Å². The van der Waals surface area contributed by atoms with Crippen molar-refractivity contribution >= 4 is 11.9 Å².